The predicted molar refractivity (Wildman–Crippen MR) is 57.2 cm³/mol. The summed E-state index contributed by atoms with van der Waals surface area (Å²) in [6.07, 6.45) is -4.19. The highest BCUT2D eigenvalue weighted by Gasteiger charge is 2.39. The molecule has 0 radical (unpaired) electrons. The van der Waals surface area contributed by atoms with Crippen LogP contribution in [-0.4, -0.2) is 27.1 Å². The fraction of sp³-hybridized carbons (Fsp3) is 0.364. The van der Waals surface area contributed by atoms with E-state index in [0.29, 0.717) is 12.6 Å². The molecule has 0 unspecified atom stereocenters. The largest absolute Gasteiger partial charge is 0.478 e. The molecule has 0 atom stereocenters. The fourth-order valence-electron chi connectivity index (χ4n) is 1.69. The number of carboxylic acids is 2. The zero-order valence-electron chi connectivity index (χ0n) is 9.78. The summed E-state index contributed by atoms with van der Waals surface area (Å²) < 4.78 is 38.1. The fourth-order valence-corrected chi connectivity index (χ4v) is 1.69. The molecule has 2 N–H and O–H groups in total. The summed E-state index contributed by atoms with van der Waals surface area (Å²) in [6.45, 7) is 1.60. The second-order valence-electron chi connectivity index (χ2n) is 3.73. The Bertz CT molecular complexity index is 525. The highest BCUT2D eigenvalue weighted by atomic mass is 19.4. The van der Waals surface area contributed by atoms with E-state index >= 15 is 0 Å². The number of carbonyl (C=O) groups is 2. The zero-order valence-corrected chi connectivity index (χ0v) is 9.78. The summed E-state index contributed by atoms with van der Waals surface area (Å²) >= 11 is 0. The minimum Gasteiger partial charge on any atom is -0.478 e. The Morgan fingerprint density at radius 1 is 1.26 bits per heavy atom. The van der Waals surface area contributed by atoms with Gasteiger partial charge in [-0.15, -0.1) is 0 Å². The van der Waals surface area contributed by atoms with Crippen molar-refractivity contribution >= 4 is 11.9 Å². The van der Waals surface area contributed by atoms with Crippen molar-refractivity contribution in [3.05, 3.63) is 28.6 Å². The van der Waals surface area contributed by atoms with Crippen molar-refractivity contribution in [2.75, 3.05) is 0 Å². The van der Waals surface area contributed by atoms with Gasteiger partial charge in [-0.05, 0) is 12.0 Å². The number of alkyl halides is 3. The lowest BCUT2D eigenvalue weighted by molar-refractivity contribution is -0.141. The molecule has 0 aliphatic rings. The minimum atomic E-state index is -4.95. The zero-order chi connectivity index (χ0) is 14.8. The Hall–Kier alpha value is -2.12. The summed E-state index contributed by atoms with van der Waals surface area (Å²) in [5.74, 6) is -3.35. The molecule has 1 aromatic rings. The SMILES string of the molecule is CCCc1c(C(=O)O)cnc(C(F)(F)F)c1C(=O)O. The van der Waals surface area contributed by atoms with Gasteiger partial charge in [0.25, 0.3) is 0 Å². The molecule has 1 heterocycles. The maximum atomic E-state index is 12.7. The van der Waals surface area contributed by atoms with Crippen molar-refractivity contribution in [1.29, 1.82) is 0 Å². The minimum absolute atomic E-state index is 0.0884. The predicted octanol–water partition coefficient (Wildman–Crippen LogP) is 2.45. The van der Waals surface area contributed by atoms with E-state index in [1.54, 1.807) is 6.92 Å². The van der Waals surface area contributed by atoms with Crippen LogP contribution in [0, 0.1) is 0 Å². The number of aromatic nitrogens is 1. The first kappa shape index (κ1) is 14.9. The Kier molecular flexibility index (Phi) is 4.13. The topological polar surface area (TPSA) is 87.5 Å². The highest BCUT2D eigenvalue weighted by Crippen LogP contribution is 2.33. The first-order valence-electron chi connectivity index (χ1n) is 5.25. The van der Waals surface area contributed by atoms with Crippen LogP contribution in [0.3, 0.4) is 0 Å². The van der Waals surface area contributed by atoms with Gasteiger partial charge in [0.15, 0.2) is 5.69 Å². The van der Waals surface area contributed by atoms with Crippen molar-refractivity contribution < 1.29 is 33.0 Å². The van der Waals surface area contributed by atoms with Gasteiger partial charge in [-0.25, -0.2) is 9.59 Å². The van der Waals surface area contributed by atoms with Gasteiger partial charge in [0, 0.05) is 6.20 Å². The molecule has 0 aromatic carbocycles. The average Bonchev–Trinajstić information content (AvgIpc) is 2.26. The molecule has 1 aromatic heterocycles. The molecule has 1 rings (SSSR count). The third-order valence-corrected chi connectivity index (χ3v) is 2.40. The molecule has 19 heavy (non-hydrogen) atoms. The standard InChI is InChI=1S/C11H10F3NO4/c1-2-3-5-6(9(16)17)4-15-8(11(12,13)14)7(5)10(18)19/h4H,2-3H2,1H3,(H,16,17)(H,18,19). The van der Waals surface area contributed by atoms with E-state index in [1.807, 2.05) is 0 Å². The van der Waals surface area contributed by atoms with Gasteiger partial charge in [0.05, 0.1) is 11.1 Å². The molecule has 0 saturated carbocycles. The van der Waals surface area contributed by atoms with Gasteiger partial charge >= 0.3 is 18.1 Å². The van der Waals surface area contributed by atoms with Gasteiger partial charge in [-0.3, -0.25) is 4.98 Å². The summed E-state index contributed by atoms with van der Waals surface area (Å²) in [7, 11) is 0. The van der Waals surface area contributed by atoms with Crippen LogP contribution in [-0.2, 0) is 12.6 Å². The molecule has 0 fully saturated rings. The summed E-state index contributed by atoms with van der Waals surface area (Å²) in [5, 5.41) is 17.8. The third-order valence-electron chi connectivity index (χ3n) is 2.40. The van der Waals surface area contributed by atoms with Crippen LogP contribution in [0.1, 0.15) is 45.3 Å². The molecule has 0 spiro atoms. The van der Waals surface area contributed by atoms with Gasteiger partial charge in [0.2, 0.25) is 0 Å². The van der Waals surface area contributed by atoms with E-state index in [2.05, 4.69) is 4.98 Å². The molecule has 0 aliphatic heterocycles. The number of rotatable bonds is 4. The van der Waals surface area contributed by atoms with Gasteiger partial charge in [0.1, 0.15) is 0 Å². The van der Waals surface area contributed by atoms with Crippen LogP contribution in [0.5, 0.6) is 0 Å². The number of pyridine rings is 1. The van der Waals surface area contributed by atoms with Crippen LogP contribution >= 0.6 is 0 Å². The number of hydrogen-bond acceptors (Lipinski definition) is 3. The second-order valence-corrected chi connectivity index (χ2v) is 3.73. The van der Waals surface area contributed by atoms with Crippen LogP contribution in [0.25, 0.3) is 0 Å². The molecular formula is C11H10F3NO4. The molecule has 5 nitrogen and oxygen atoms in total. The van der Waals surface area contributed by atoms with E-state index in [-0.39, 0.29) is 12.0 Å². The van der Waals surface area contributed by atoms with Crippen molar-refractivity contribution in [3.63, 3.8) is 0 Å². The average molecular weight is 277 g/mol. The summed E-state index contributed by atoms with van der Waals surface area (Å²) in [4.78, 5) is 24.9. The molecular weight excluding hydrogens is 267 g/mol. The van der Waals surface area contributed by atoms with E-state index in [9.17, 15) is 22.8 Å². The summed E-state index contributed by atoms with van der Waals surface area (Å²) in [6, 6.07) is 0. The van der Waals surface area contributed by atoms with Crippen molar-refractivity contribution in [2.45, 2.75) is 25.9 Å². The number of hydrogen-bond donors (Lipinski definition) is 2. The van der Waals surface area contributed by atoms with E-state index < -0.39 is 34.9 Å². The first-order chi connectivity index (χ1) is 8.70. The normalized spacial score (nSPS) is 11.4. The Balaban J connectivity index is 3.68. The van der Waals surface area contributed by atoms with Gasteiger partial charge < -0.3 is 10.2 Å². The maximum Gasteiger partial charge on any atom is 0.434 e. The molecule has 8 heteroatoms. The number of aromatic carboxylic acids is 2. The maximum absolute atomic E-state index is 12.7. The van der Waals surface area contributed by atoms with E-state index in [4.69, 9.17) is 10.2 Å². The Morgan fingerprint density at radius 3 is 2.21 bits per heavy atom. The molecule has 0 amide bonds. The van der Waals surface area contributed by atoms with Crippen LogP contribution < -0.4 is 0 Å². The molecule has 0 saturated heterocycles. The first-order valence-corrected chi connectivity index (χ1v) is 5.25. The lowest BCUT2D eigenvalue weighted by Crippen LogP contribution is -2.20. The van der Waals surface area contributed by atoms with Gasteiger partial charge in [-0.1, -0.05) is 13.3 Å². The van der Waals surface area contributed by atoms with Crippen LogP contribution in [0.15, 0.2) is 6.20 Å². The van der Waals surface area contributed by atoms with E-state index in [0.717, 1.165) is 0 Å². The Morgan fingerprint density at radius 2 is 1.84 bits per heavy atom. The highest BCUT2D eigenvalue weighted by molar-refractivity contribution is 5.97. The lowest BCUT2D eigenvalue weighted by Gasteiger charge is -2.14. The van der Waals surface area contributed by atoms with Gasteiger partial charge in [-0.2, -0.15) is 13.2 Å². The smallest absolute Gasteiger partial charge is 0.434 e. The van der Waals surface area contributed by atoms with E-state index in [1.165, 1.54) is 0 Å². The quantitative estimate of drug-likeness (QED) is 0.882. The monoisotopic (exact) mass is 277 g/mol. The number of halogens is 3. The van der Waals surface area contributed by atoms with Crippen LogP contribution in [0.2, 0.25) is 0 Å². The van der Waals surface area contributed by atoms with Crippen molar-refractivity contribution in [1.82, 2.24) is 4.98 Å². The third kappa shape index (κ3) is 3.01. The molecule has 0 bridgehead atoms. The number of carboxylic acid groups (broad SMARTS) is 2. The number of nitrogens with zero attached hydrogens (tertiary/aromatic N) is 1. The Labute approximate surface area is 105 Å². The molecule has 0 aliphatic carbocycles. The van der Waals surface area contributed by atoms with Crippen molar-refractivity contribution in [3.8, 4) is 0 Å². The second kappa shape index (κ2) is 5.25. The molecule has 104 valence electrons. The summed E-state index contributed by atoms with van der Waals surface area (Å²) in [5.41, 5.74) is -3.54. The lowest BCUT2D eigenvalue weighted by atomic mass is 9.97. The van der Waals surface area contributed by atoms with Crippen molar-refractivity contribution in [2.24, 2.45) is 0 Å². The van der Waals surface area contributed by atoms with Crippen LogP contribution in [0.4, 0.5) is 13.2 Å².